The van der Waals surface area contributed by atoms with E-state index >= 15 is 0 Å². The number of hydrogen-bond donors (Lipinski definition) is 2. The molecule has 0 amide bonds. The summed E-state index contributed by atoms with van der Waals surface area (Å²) < 4.78 is 0. The Bertz CT molecular complexity index is 2560. The van der Waals surface area contributed by atoms with Crippen molar-refractivity contribution in [2.45, 2.75) is 208 Å². The fourth-order valence-corrected chi connectivity index (χ4v) is 11.8. The van der Waals surface area contributed by atoms with E-state index < -0.39 is 0 Å². The minimum atomic E-state index is 0. The first-order chi connectivity index (χ1) is 36.9. The molecule has 0 bridgehead atoms. The molecule has 2 fully saturated rings. The van der Waals surface area contributed by atoms with Crippen LogP contribution in [0.2, 0.25) is 0 Å². The first kappa shape index (κ1) is 69.7. The molecule has 7 rings (SSSR count). The molecule has 434 valence electrons. The Balaban J connectivity index is 0.000000377. The summed E-state index contributed by atoms with van der Waals surface area (Å²) in [6, 6.07) is 32.6. The predicted molar refractivity (Wildman–Crippen MR) is 343 cm³/mol. The van der Waals surface area contributed by atoms with Gasteiger partial charge in [0.25, 0.3) is 0 Å². The van der Waals surface area contributed by atoms with E-state index in [9.17, 15) is 9.59 Å². The van der Waals surface area contributed by atoms with Gasteiger partial charge in [-0.15, -0.1) is 12.4 Å². The summed E-state index contributed by atoms with van der Waals surface area (Å²) in [4.78, 5) is 31.9. The zero-order valence-electron chi connectivity index (χ0n) is 52.2. The van der Waals surface area contributed by atoms with Crippen LogP contribution >= 0.6 is 12.4 Å². The number of nitrogen functional groups attached to an aromatic ring is 1. The monoisotopic (exact) mass is 1100 g/mol. The van der Waals surface area contributed by atoms with Crippen LogP contribution in [0.25, 0.3) is 0 Å². The molecule has 0 radical (unpaired) electrons. The number of carbonyl (C=O) groups excluding carboxylic acids is 2. The van der Waals surface area contributed by atoms with E-state index in [4.69, 9.17) is 16.7 Å². The minimum absolute atomic E-state index is 0. The molecule has 79 heavy (non-hydrogen) atoms. The lowest BCUT2D eigenvalue weighted by Crippen LogP contribution is -2.31. The van der Waals surface area contributed by atoms with Gasteiger partial charge in [0, 0.05) is 77.0 Å². The second-order valence-electron chi connectivity index (χ2n) is 24.5. The number of ketones is 1. The summed E-state index contributed by atoms with van der Waals surface area (Å²) in [5.74, 6) is 3.19. The van der Waals surface area contributed by atoms with Gasteiger partial charge in [0.15, 0.2) is 0 Å². The standard InChI is InChI=1S/C29H41NO.C14H22N2.C13H19NO.C12H19N.C2H3N.ClH/c1-21(2)26-10-9-11-27(22(3)4)28(26)20-25(31)16-19-29(17-7-8-18-29)23-12-14-24(15-13-23)30(5)6;1-16(2)13-7-5-12(6-8-13)14(11-15)9-3-4-10-14;1-9(2)11-6-5-7-12(10(3)4)13(11)14-8-15;1-8(2)10-6-5-7-11(9(3)4)12(10)13;1-2-3;/h9-15,21-22H,7-8,16-20H2,1-6H3;5-8H,3-4,9-11,15H2,1-2H3;6,9-10H,5,7H2,1-4H3;5-9H,13H2,1-4H3;1H3;1H. The third-order valence-electron chi connectivity index (χ3n) is 16.5. The normalized spacial score (nSPS) is 15.1. The quantitative estimate of drug-likeness (QED) is 0.0612. The molecule has 0 heterocycles. The molecule has 0 atom stereocenters. The van der Waals surface area contributed by atoms with Crippen LogP contribution in [0.15, 0.2) is 113 Å². The number of isocyanates is 1. The van der Waals surface area contributed by atoms with Crippen molar-refractivity contribution in [3.8, 4) is 6.07 Å². The van der Waals surface area contributed by atoms with Crippen LogP contribution in [-0.2, 0) is 26.8 Å². The second-order valence-corrected chi connectivity index (χ2v) is 24.5. The lowest BCUT2D eigenvalue weighted by Gasteiger charge is -2.30. The van der Waals surface area contributed by atoms with Crippen molar-refractivity contribution in [3.63, 3.8) is 0 Å². The van der Waals surface area contributed by atoms with E-state index in [2.05, 4.69) is 217 Å². The van der Waals surface area contributed by atoms with Gasteiger partial charge in [-0.05, 0) is 160 Å². The molecule has 0 unspecified atom stereocenters. The van der Waals surface area contributed by atoms with E-state index in [0.29, 0.717) is 54.1 Å². The largest absolute Gasteiger partial charge is 0.398 e. The fraction of sp³-hybridized carbons (Fsp3) is 0.557. The number of rotatable bonds is 17. The van der Waals surface area contributed by atoms with Gasteiger partial charge in [-0.3, -0.25) is 4.79 Å². The van der Waals surface area contributed by atoms with Crippen molar-refractivity contribution in [2.24, 2.45) is 22.6 Å². The summed E-state index contributed by atoms with van der Waals surface area (Å²) in [6.45, 7) is 28.4. The number of anilines is 3. The molecule has 3 aliphatic carbocycles. The van der Waals surface area contributed by atoms with Gasteiger partial charge >= 0.3 is 0 Å². The maximum atomic E-state index is 13.2. The van der Waals surface area contributed by atoms with E-state index in [1.807, 2.05) is 0 Å². The smallest absolute Gasteiger partial charge is 0.240 e. The molecule has 3 aliphatic rings. The average Bonchev–Trinajstić information content (AvgIpc) is 4.14. The lowest BCUT2D eigenvalue weighted by molar-refractivity contribution is -0.118. The topological polar surface area (TPSA) is 129 Å². The predicted octanol–water partition coefficient (Wildman–Crippen LogP) is 18.0. The van der Waals surface area contributed by atoms with Crippen LogP contribution in [-0.4, -0.2) is 46.6 Å². The first-order valence-electron chi connectivity index (χ1n) is 29.5. The minimum Gasteiger partial charge on any atom is -0.398 e. The highest BCUT2D eigenvalue weighted by atomic mass is 35.5. The Morgan fingerprint density at radius 1 is 0.620 bits per heavy atom. The molecule has 4 aromatic rings. The Kier molecular flexibility index (Phi) is 30.0. The number of nitriles is 1. The summed E-state index contributed by atoms with van der Waals surface area (Å²) in [5.41, 5.74) is 28.7. The highest BCUT2D eigenvalue weighted by Crippen LogP contribution is 2.46. The van der Waals surface area contributed by atoms with Crippen LogP contribution in [0.5, 0.6) is 0 Å². The van der Waals surface area contributed by atoms with E-state index in [1.54, 1.807) is 12.1 Å². The molecule has 4 aromatic carbocycles. The maximum Gasteiger partial charge on any atom is 0.240 e. The van der Waals surface area contributed by atoms with Crippen molar-refractivity contribution in [1.82, 2.24) is 0 Å². The SMILES string of the molecule is CC#N.CC(C)C1=CCCC(C(C)C)=C1N=C=O.CC(C)c1cccc(C(C)C)c1CC(=O)CCC1(c2ccc(N(C)C)cc2)CCCC1.CC(C)c1cccc(C(C)C)c1N.CN(C)c1ccc(C2(CN)CCCC2)cc1.Cl. The Labute approximate surface area is 487 Å². The van der Waals surface area contributed by atoms with Gasteiger partial charge < -0.3 is 21.3 Å². The number of nitrogens with two attached hydrogens (primary N) is 2. The molecule has 4 N–H and O–H groups in total. The highest BCUT2D eigenvalue weighted by Gasteiger charge is 2.36. The second kappa shape index (κ2) is 34.0. The van der Waals surface area contributed by atoms with Crippen LogP contribution < -0.4 is 21.3 Å². The highest BCUT2D eigenvalue weighted by molar-refractivity contribution is 5.85. The van der Waals surface area contributed by atoms with Crippen molar-refractivity contribution < 1.29 is 9.59 Å². The van der Waals surface area contributed by atoms with E-state index in [0.717, 1.165) is 37.2 Å². The van der Waals surface area contributed by atoms with Gasteiger partial charge in [-0.25, -0.2) is 4.79 Å². The molecule has 2 saturated carbocycles. The number of allylic oxidation sites excluding steroid dienone is 3. The lowest BCUT2D eigenvalue weighted by atomic mass is 9.74. The molecule has 8 nitrogen and oxygen atoms in total. The van der Waals surface area contributed by atoms with E-state index in [-0.39, 0.29) is 23.2 Å². The zero-order chi connectivity index (χ0) is 58.3. The van der Waals surface area contributed by atoms with Crippen LogP contribution in [0.3, 0.4) is 0 Å². The Hall–Kier alpha value is -5.45. The van der Waals surface area contributed by atoms with Crippen molar-refractivity contribution in [3.05, 3.63) is 147 Å². The Morgan fingerprint density at radius 2 is 1.01 bits per heavy atom. The van der Waals surface area contributed by atoms with E-state index in [1.165, 1.54) is 120 Å². The third-order valence-corrected chi connectivity index (χ3v) is 16.5. The molecular weight excluding hydrogens is 992 g/mol. The average molecular weight is 1100 g/mol. The number of halogens is 1. The van der Waals surface area contributed by atoms with Crippen molar-refractivity contribution in [1.29, 1.82) is 5.26 Å². The molecule has 9 heteroatoms. The van der Waals surface area contributed by atoms with Crippen molar-refractivity contribution in [2.75, 3.05) is 50.3 Å². The number of nitrogens with zero attached hydrogens (tertiary/aromatic N) is 4. The van der Waals surface area contributed by atoms with Crippen LogP contribution in [0.1, 0.15) is 230 Å². The maximum absolute atomic E-state index is 13.2. The molecule has 0 aromatic heterocycles. The Morgan fingerprint density at radius 3 is 1.37 bits per heavy atom. The van der Waals surface area contributed by atoms with Crippen molar-refractivity contribution >= 4 is 41.3 Å². The molecule has 0 spiro atoms. The molecular formula is C70H105ClN6O2. The van der Waals surface area contributed by atoms with Gasteiger partial charge in [-0.1, -0.05) is 176 Å². The van der Waals surface area contributed by atoms with Crippen LogP contribution in [0.4, 0.5) is 17.1 Å². The number of aliphatic imine (C=N–C) groups is 1. The van der Waals surface area contributed by atoms with Crippen LogP contribution in [0, 0.1) is 23.2 Å². The number of carbonyl (C=O) groups is 1. The number of benzene rings is 4. The summed E-state index contributed by atoms with van der Waals surface area (Å²) in [5, 5.41) is 7.32. The number of para-hydroxylation sites is 1. The summed E-state index contributed by atoms with van der Waals surface area (Å²) >= 11 is 0. The number of hydrogen-bond acceptors (Lipinski definition) is 8. The van der Waals surface area contributed by atoms with Gasteiger partial charge in [0.1, 0.15) is 5.78 Å². The summed E-state index contributed by atoms with van der Waals surface area (Å²) in [6.07, 6.45) is 18.3. The first-order valence-corrected chi connectivity index (χ1v) is 29.5. The fourth-order valence-electron chi connectivity index (χ4n) is 11.8. The molecule has 0 aliphatic heterocycles. The molecule has 0 saturated heterocycles. The van der Waals surface area contributed by atoms with Gasteiger partial charge in [0.05, 0.1) is 11.8 Å². The zero-order valence-corrected chi connectivity index (χ0v) is 53.0. The third kappa shape index (κ3) is 19.9. The van der Waals surface area contributed by atoms with Gasteiger partial charge in [0.2, 0.25) is 6.08 Å². The van der Waals surface area contributed by atoms with Gasteiger partial charge in [-0.2, -0.15) is 10.3 Å². The summed E-state index contributed by atoms with van der Waals surface area (Å²) in [7, 11) is 8.31. The number of Topliss-reactive ketones (excluding diaryl/α,β-unsaturated/α-hetero) is 1.